The average molecular weight is 390 g/mol. The number of nitrogens with one attached hydrogen (secondary N) is 2. The van der Waals surface area contributed by atoms with Crippen molar-refractivity contribution in [3.63, 3.8) is 0 Å². The highest BCUT2D eigenvalue weighted by Crippen LogP contribution is 2.17. The van der Waals surface area contributed by atoms with Crippen molar-refractivity contribution in [1.82, 2.24) is 10.6 Å². The molecule has 0 radical (unpaired) electrons. The molecular weight excluding hydrogens is 373 g/mol. The van der Waals surface area contributed by atoms with Gasteiger partial charge in [-0.05, 0) is 48.4 Å². The Morgan fingerprint density at radius 3 is 2.46 bits per heavy atom. The van der Waals surface area contributed by atoms with Crippen molar-refractivity contribution in [3.05, 3.63) is 69.7 Å². The molecule has 2 aromatic rings. The molecule has 2 rings (SSSR count). The van der Waals surface area contributed by atoms with Gasteiger partial charge in [-0.2, -0.15) is 5.26 Å². The van der Waals surface area contributed by atoms with Crippen LogP contribution in [0, 0.1) is 11.3 Å². The van der Waals surface area contributed by atoms with Crippen molar-refractivity contribution >= 4 is 35.0 Å². The van der Waals surface area contributed by atoms with Crippen molar-refractivity contribution in [2.45, 2.75) is 18.9 Å². The van der Waals surface area contributed by atoms with E-state index in [1.807, 2.05) is 6.07 Å². The van der Waals surface area contributed by atoms with E-state index < -0.39 is 6.04 Å². The number of nitrogens with zero attached hydrogens (tertiary/aromatic N) is 1. The van der Waals surface area contributed by atoms with Crippen LogP contribution in [-0.4, -0.2) is 18.4 Å². The monoisotopic (exact) mass is 389 g/mol. The third-order valence-electron chi connectivity index (χ3n) is 3.59. The first-order valence-electron chi connectivity index (χ1n) is 7.98. The number of rotatable bonds is 7. The smallest absolute Gasteiger partial charge is 0.251 e. The Morgan fingerprint density at radius 2 is 1.81 bits per heavy atom. The lowest BCUT2D eigenvalue weighted by Crippen LogP contribution is -2.29. The van der Waals surface area contributed by atoms with Crippen LogP contribution in [0.3, 0.4) is 0 Å². The van der Waals surface area contributed by atoms with Gasteiger partial charge in [0, 0.05) is 28.6 Å². The fraction of sp³-hybridized carbons (Fsp3) is 0.211. The second kappa shape index (κ2) is 9.81. The van der Waals surface area contributed by atoms with Crippen molar-refractivity contribution in [3.8, 4) is 6.07 Å². The van der Waals surface area contributed by atoms with Crippen LogP contribution in [0.5, 0.6) is 0 Å². The first kappa shape index (κ1) is 19.8. The van der Waals surface area contributed by atoms with Crippen molar-refractivity contribution < 1.29 is 9.59 Å². The third kappa shape index (κ3) is 6.07. The minimum absolute atomic E-state index is 0.194. The molecule has 0 saturated carbocycles. The largest absolute Gasteiger partial charge is 0.352 e. The Labute approximate surface area is 161 Å². The Morgan fingerprint density at radius 1 is 1.08 bits per heavy atom. The fourth-order valence-electron chi connectivity index (χ4n) is 2.26. The van der Waals surface area contributed by atoms with Gasteiger partial charge in [0.05, 0.1) is 6.07 Å². The second-order valence-electron chi connectivity index (χ2n) is 5.55. The van der Waals surface area contributed by atoms with Gasteiger partial charge in [0.25, 0.3) is 5.91 Å². The summed E-state index contributed by atoms with van der Waals surface area (Å²) in [4.78, 5) is 23.9. The zero-order valence-corrected chi connectivity index (χ0v) is 15.3. The van der Waals surface area contributed by atoms with Crippen molar-refractivity contribution in [2.24, 2.45) is 0 Å². The molecule has 0 saturated heterocycles. The summed E-state index contributed by atoms with van der Waals surface area (Å²) in [6, 6.07) is 14.6. The fourth-order valence-corrected chi connectivity index (χ4v) is 2.59. The molecule has 0 heterocycles. The number of hydrogen-bond donors (Lipinski definition) is 2. The maximum absolute atomic E-state index is 12.0. The van der Waals surface area contributed by atoms with Crippen molar-refractivity contribution in [1.29, 1.82) is 5.26 Å². The Hall–Kier alpha value is -2.55. The molecule has 2 amide bonds. The molecular formula is C19H17Cl2N3O2. The summed E-state index contributed by atoms with van der Waals surface area (Å²) in [6.45, 7) is 0.350. The number of benzene rings is 2. The van der Waals surface area contributed by atoms with Gasteiger partial charge >= 0.3 is 0 Å². The molecule has 5 nitrogen and oxygen atoms in total. The molecule has 2 aromatic carbocycles. The molecule has 0 aliphatic carbocycles. The third-order valence-corrected chi connectivity index (χ3v) is 4.08. The summed E-state index contributed by atoms with van der Waals surface area (Å²) < 4.78 is 0. The summed E-state index contributed by atoms with van der Waals surface area (Å²) in [5.74, 6) is -0.492. The molecule has 26 heavy (non-hydrogen) atoms. The molecule has 7 heteroatoms. The van der Waals surface area contributed by atoms with Crippen LogP contribution in [0.25, 0.3) is 0 Å². The number of carbonyl (C=O) groups excluding carboxylic acids is 2. The van der Waals surface area contributed by atoms with E-state index in [1.165, 1.54) is 0 Å². The predicted molar refractivity (Wildman–Crippen MR) is 101 cm³/mol. The highest BCUT2D eigenvalue weighted by Gasteiger charge is 2.14. The maximum atomic E-state index is 12.0. The molecule has 0 aliphatic heterocycles. The molecule has 0 fully saturated rings. The normalized spacial score (nSPS) is 11.3. The first-order chi connectivity index (χ1) is 12.5. The van der Waals surface area contributed by atoms with Gasteiger partial charge < -0.3 is 10.6 Å². The highest BCUT2D eigenvalue weighted by molar-refractivity contribution is 6.30. The van der Waals surface area contributed by atoms with E-state index in [4.69, 9.17) is 23.2 Å². The van der Waals surface area contributed by atoms with Gasteiger partial charge in [-0.1, -0.05) is 35.3 Å². The van der Waals surface area contributed by atoms with Crippen LogP contribution in [0.4, 0.5) is 0 Å². The SMILES string of the molecule is N#CC(NC(=O)CCCNC(=O)c1ccc(Cl)cc1)c1cccc(Cl)c1. The summed E-state index contributed by atoms with van der Waals surface area (Å²) >= 11 is 11.7. The minimum atomic E-state index is -0.759. The standard InChI is InChI=1S/C19H17Cl2N3O2/c20-15-8-6-13(7-9-15)19(26)23-10-2-5-18(25)24-17(12-22)14-3-1-4-16(21)11-14/h1,3-4,6-9,11,17H,2,5,10H2,(H,23,26)(H,24,25). The van der Waals surface area contributed by atoms with E-state index >= 15 is 0 Å². The lowest BCUT2D eigenvalue weighted by atomic mass is 10.1. The number of amides is 2. The number of carbonyl (C=O) groups is 2. The first-order valence-corrected chi connectivity index (χ1v) is 8.73. The van der Waals surface area contributed by atoms with Crippen LogP contribution in [0.2, 0.25) is 10.0 Å². The van der Waals surface area contributed by atoms with Gasteiger partial charge in [-0.15, -0.1) is 0 Å². The second-order valence-corrected chi connectivity index (χ2v) is 6.42. The summed E-state index contributed by atoms with van der Waals surface area (Å²) in [6.07, 6.45) is 0.651. The van der Waals surface area contributed by atoms with Gasteiger partial charge in [-0.25, -0.2) is 0 Å². The zero-order valence-electron chi connectivity index (χ0n) is 13.8. The maximum Gasteiger partial charge on any atom is 0.251 e. The van der Waals surface area contributed by atoms with Crippen molar-refractivity contribution in [2.75, 3.05) is 6.54 Å². The average Bonchev–Trinajstić information content (AvgIpc) is 2.63. The molecule has 1 unspecified atom stereocenters. The van der Waals surface area contributed by atoms with E-state index in [9.17, 15) is 14.9 Å². The Kier molecular flexibility index (Phi) is 7.46. The van der Waals surface area contributed by atoms with Gasteiger partial charge in [0.2, 0.25) is 5.91 Å². The van der Waals surface area contributed by atoms with E-state index in [-0.39, 0.29) is 18.2 Å². The Bertz CT molecular complexity index is 816. The number of nitriles is 1. The van der Waals surface area contributed by atoms with E-state index in [2.05, 4.69) is 10.6 Å². The topological polar surface area (TPSA) is 82.0 Å². The molecule has 0 aliphatic rings. The quantitative estimate of drug-likeness (QED) is 0.704. The van der Waals surface area contributed by atoms with Crippen LogP contribution in [0.1, 0.15) is 34.8 Å². The predicted octanol–water partition coefficient (Wildman–Crippen LogP) is 3.88. The number of halogens is 2. The van der Waals surface area contributed by atoms with E-state index in [0.717, 1.165) is 0 Å². The minimum Gasteiger partial charge on any atom is -0.352 e. The lowest BCUT2D eigenvalue weighted by Gasteiger charge is -2.12. The molecule has 0 bridgehead atoms. The van der Waals surface area contributed by atoms with Crippen LogP contribution in [-0.2, 0) is 4.79 Å². The highest BCUT2D eigenvalue weighted by atomic mass is 35.5. The summed E-state index contributed by atoms with van der Waals surface area (Å²) in [5.41, 5.74) is 1.13. The van der Waals surface area contributed by atoms with E-state index in [0.29, 0.717) is 34.1 Å². The lowest BCUT2D eigenvalue weighted by molar-refractivity contribution is -0.121. The van der Waals surface area contributed by atoms with Crippen LogP contribution < -0.4 is 10.6 Å². The molecule has 0 aromatic heterocycles. The van der Waals surface area contributed by atoms with Gasteiger partial charge in [0.15, 0.2) is 0 Å². The van der Waals surface area contributed by atoms with Crippen LogP contribution in [0.15, 0.2) is 48.5 Å². The van der Waals surface area contributed by atoms with Crippen LogP contribution >= 0.6 is 23.2 Å². The zero-order chi connectivity index (χ0) is 18.9. The van der Waals surface area contributed by atoms with Gasteiger partial charge in [-0.3, -0.25) is 9.59 Å². The van der Waals surface area contributed by atoms with Gasteiger partial charge in [0.1, 0.15) is 6.04 Å². The molecule has 2 N–H and O–H groups in total. The molecule has 0 spiro atoms. The van der Waals surface area contributed by atoms with E-state index in [1.54, 1.807) is 48.5 Å². The summed E-state index contributed by atoms with van der Waals surface area (Å²) in [5, 5.41) is 15.7. The molecule has 134 valence electrons. The molecule has 1 atom stereocenters. The summed E-state index contributed by atoms with van der Waals surface area (Å²) in [7, 11) is 0. The number of hydrogen-bond acceptors (Lipinski definition) is 3. The Balaban J connectivity index is 1.75.